The SMILES string of the molecule is CCOC(=O)c1cc(N2CC(C(F)(F)F)[C@H]2C)n(-c2ccc(F)cc2)n1. The fourth-order valence-corrected chi connectivity index (χ4v) is 2.94. The van der Waals surface area contributed by atoms with Gasteiger partial charge in [0, 0.05) is 18.7 Å². The molecule has 1 saturated heterocycles. The van der Waals surface area contributed by atoms with Crippen molar-refractivity contribution in [2.24, 2.45) is 5.92 Å². The molecule has 5 nitrogen and oxygen atoms in total. The fraction of sp³-hybridized carbons (Fsp3) is 0.412. The Hall–Kier alpha value is -2.58. The highest BCUT2D eigenvalue weighted by atomic mass is 19.4. The maximum Gasteiger partial charge on any atom is 0.395 e. The monoisotopic (exact) mass is 371 g/mol. The molecule has 3 rings (SSSR count). The summed E-state index contributed by atoms with van der Waals surface area (Å²) >= 11 is 0. The van der Waals surface area contributed by atoms with Gasteiger partial charge in [0.15, 0.2) is 5.69 Å². The standard InChI is InChI=1S/C17H17F4N3O2/c1-3-26-16(25)14-8-15(23-9-13(10(23)2)17(19,20)21)24(22-14)12-6-4-11(18)5-7-12/h4-8,10,13H,3,9H2,1-2H3/t10-,13?/m1/s1. The third-order valence-corrected chi connectivity index (χ3v) is 4.43. The Morgan fingerprint density at radius 3 is 2.50 bits per heavy atom. The topological polar surface area (TPSA) is 47.4 Å². The number of aromatic nitrogens is 2. The number of rotatable bonds is 4. The van der Waals surface area contributed by atoms with Crippen molar-refractivity contribution < 1.29 is 27.1 Å². The van der Waals surface area contributed by atoms with Gasteiger partial charge in [-0.25, -0.2) is 13.9 Å². The molecule has 1 aromatic heterocycles. The highest BCUT2D eigenvalue weighted by molar-refractivity contribution is 5.88. The molecular weight excluding hydrogens is 354 g/mol. The lowest BCUT2D eigenvalue weighted by Crippen LogP contribution is -2.60. The molecule has 0 aliphatic carbocycles. The first kappa shape index (κ1) is 18.2. The number of ether oxygens (including phenoxy) is 1. The number of esters is 1. The van der Waals surface area contributed by atoms with Crippen molar-refractivity contribution >= 4 is 11.8 Å². The molecule has 0 radical (unpaired) electrons. The van der Waals surface area contributed by atoms with E-state index in [1.807, 2.05) is 0 Å². The molecular formula is C17H17F4N3O2. The lowest BCUT2D eigenvalue weighted by Gasteiger charge is -2.48. The summed E-state index contributed by atoms with van der Waals surface area (Å²) in [5, 5.41) is 4.15. The summed E-state index contributed by atoms with van der Waals surface area (Å²) in [6.45, 7) is 3.02. The number of nitrogens with zero attached hydrogens (tertiary/aromatic N) is 3. The Labute approximate surface area is 147 Å². The summed E-state index contributed by atoms with van der Waals surface area (Å²) in [6.07, 6.45) is -4.29. The van der Waals surface area contributed by atoms with Gasteiger partial charge < -0.3 is 9.64 Å². The van der Waals surface area contributed by atoms with Crippen LogP contribution in [0.3, 0.4) is 0 Å². The average molecular weight is 371 g/mol. The van der Waals surface area contributed by atoms with Crippen molar-refractivity contribution in [2.75, 3.05) is 18.1 Å². The quantitative estimate of drug-likeness (QED) is 0.609. The van der Waals surface area contributed by atoms with Crippen LogP contribution in [0.4, 0.5) is 23.4 Å². The van der Waals surface area contributed by atoms with E-state index in [2.05, 4.69) is 5.10 Å². The van der Waals surface area contributed by atoms with E-state index < -0.39 is 29.9 Å². The Morgan fingerprint density at radius 2 is 1.96 bits per heavy atom. The predicted octanol–water partition coefficient (Wildman–Crippen LogP) is 3.58. The van der Waals surface area contributed by atoms with E-state index in [0.29, 0.717) is 11.5 Å². The number of anilines is 1. The number of hydrogen-bond acceptors (Lipinski definition) is 4. The minimum atomic E-state index is -4.29. The van der Waals surface area contributed by atoms with Crippen molar-refractivity contribution in [3.8, 4) is 5.69 Å². The molecule has 0 bridgehead atoms. The minimum Gasteiger partial charge on any atom is -0.461 e. The van der Waals surface area contributed by atoms with Gasteiger partial charge in [0.05, 0.1) is 18.2 Å². The third-order valence-electron chi connectivity index (χ3n) is 4.43. The largest absolute Gasteiger partial charge is 0.461 e. The molecule has 2 aromatic rings. The minimum absolute atomic E-state index is 0.0196. The van der Waals surface area contributed by atoms with Crippen LogP contribution in [-0.4, -0.2) is 41.1 Å². The lowest BCUT2D eigenvalue weighted by atomic mass is 9.89. The van der Waals surface area contributed by atoms with Gasteiger partial charge in [0.2, 0.25) is 0 Å². The van der Waals surface area contributed by atoms with Crippen molar-refractivity contribution in [3.63, 3.8) is 0 Å². The van der Waals surface area contributed by atoms with Gasteiger partial charge in [-0.05, 0) is 38.1 Å². The lowest BCUT2D eigenvalue weighted by molar-refractivity contribution is -0.190. The molecule has 1 aliphatic heterocycles. The van der Waals surface area contributed by atoms with E-state index in [-0.39, 0.29) is 18.8 Å². The van der Waals surface area contributed by atoms with Crippen LogP contribution in [0.1, 0.15) is 24.3 Å². The molecule has 0 amide bonds. The second kappa shape index (κ2) is 6.62. The van der Waals surface area contributed by atoms with E-state index in [0.717, 1.165) is 0 Å². The number of hydrogen-bond donors (Lipinski definition) is 0. The molecule has 1 aliphatic rings. The predicted molar refractivity (Wildman–Crippen MR) is 85.8 cm³/mol. The van der Waals surface area contributed by atoms with Crippen LogP contribution in [0.25, 0.3) is 5.69 Å². The number of benzene rings is 1. The molecule has 26 heavy (non-hydrogen) atoms. The van der Waals surface area contributed by atoms with Gasteiger partial charge >= 0.3 is 12.1 Å². The molecule has 2 atom stereocenters. The first-order valence-electron chi connectivity index (χ1n) is 8.09. The zero-order valence-electron chi connectivity index (χ0n) is 14.1. The molecule has 1 aromatic carbocycles. The average Bonchev–Trinajstić information content (AvgIpc) is 2.98. The van der Waals surface area contributed by atoms with E-state index in [1.165, 1.54) is 46.8 Å². The normalized spacial score (nSPS) is 20.0. The van der Waals surface area contributed by atoms with Crippen LogP contribution in [0.2, 0.25) is 0 Å². The smallest absolute Gasteiger partial charge is 0.395 e. The molecule has 140 valence electrons. The number of carbonyl (C=O) groups is 1. The van der Waals surface area contributed by atoms with E-state index in [9.17, 15) is 22.4 Å². The van der Waals surface area contributed by atoms with Crippen molar-refractivity contribution in [2.45, 2.75) is 26.1 Å². The molecule has 9 heteroatoms. The number of carbonyl (C=O) groups excluding carboxylic acids is 1. The summed E-state index contributed by atoms with van der Waals surface area (Å²) in [7, 11) is 0. The second-order valence-electron chi connectivity index (χ2n) is 6.04. The summed E-state index contributed by atoms with van der Waals surface area (Å²) in [5.41, 5.74) is 0.411. The van der Waals surface area contributed by atoms with Gasteiger partial charge in [-0.15, -0.1) is 0 Å². The molecule has 1 fully saturated rings. The van der Waals surface area contributed by atoms with Crippen LogP contribution in [0.5, 0.6) is 0 Å². The summed E-state index contributed by atoms with van der Waals surface area (Å²) in [5.74, 6) is -2.25. The Kier molecular flexibility index (Phi) is 4.64. The van der Waals surface area contributed by atoms with Crippen LogP contribution in [-0.2, 0) is 4.74 Å². The zero-order valence-corrected chi connectivity index (χ0v) is 14.1. The van der Waals surface area contributed by atoms with Crippen molar-refractivity contribution in [1.82, 2.24) is 9.78 Å². The van der Waals surface area contributed by atoms with E-state index in [4.69, 9.17) is 4.74 Å². The molecule has 0 saturated carbocycles. The zero-order chi connectivity index (χ0) is 19.1. The first-order chi connectivity index (χ1) is 12.2. The van der Waals surface area contributed by atoms with Gasteiger partial charge in [-0.3, -0.25) is 0 Å². The van der Waals surface area contributed by atoms with Gasteiger partial charge in [-0.2, -0.15) is 18.3 Å². The van der Waals surface area contributed by atoms with E-state index >= 15 is 0 Å². The summed E-state index contributed by atoms with van der Waals surface area (Å²) < 4.78 is 58.3. The molecule has 2 heterocycles. The van der Waals surface area contributed by atoms with Crippen LogP contribution in [0, 0.1) is 11.7 Å². The Morgan fingerprint density at radius 1 is 1.31 bits per heavy atom. The number of halogens is 4. The third kappa shape index (κ3) is 3.25. The van der Waals surface area contributed by atoms with Gasteiger partial charge in [-0.1, -0.05) is 0 Å². The second-order valence-corrected chi connectivity index (χ2v) is 6.04. The Bertz CT molecular complexity index is 801. The molecule has 1 unspecified atom stereocenters. The highest BCUT2D eigenvalue weighted by Crippen LogP contribution is 2.41. The van der Waals surface area contributed by atoms with Gasteiger partial charge in [0.25, 0.3) is 0 Å². The molecule has 0 spiro atoms. The van der Waals surface area contributed by atoms with Crippen LogP contribution >= 0.6 is 0 Å². The maximum atomic E-state index is 13.2. The van der Waals surface area contributed by atoms with Crippen molar-refractivity contribution in [3.05, 3.63) is 41.8 Å². The number of alkyl halides is 3. The maximum absolute atomic E-state index is 13.2. The summed E-state index contributed by atoms with van der Waals surface area (Å²) in [6, 6.07) is 5.88. The van der Waals surface area contributed by atoms with Crippen LogP contribution in [0.15, 0.2) is 30.3 Å². The van der Waals surface area contributed by atoms with E-state index in [1.54, 1.807) is 6.92 Å². The summed E-state index contributed by atoms with van der Waals surface area (Å²) in [4.78, 5) is 13.5. The first-order valence-corrected chi connectivity index (χ1v) is 8.09. The highest BCUT2D eigenvalue weighted by Gasteiger charge is 2.53. The fourth-order valence-electron chi connectivity index (χ4n) is 2.94. The Balaban J connectivity index is 1.98. The van der Waals surface area contributed by atoms with Crippen molar-refractivity contribution in [1.29, 1.82) is 0 Å². The molecule has 0 N–H and O–H groups in total. The van der Waals surface area contributed by atoms with Gasteiger partial charge in [0.1, 0.15) is 11.6 Å². The van der Waals surface area contributed by atoms with Crippen LogP contribution < -0.4 is 4.90 Å².